The van der Waals surface area contributed by atoms with E-state index in [1.54, 1.807) is 0 Å². The first kappa shape index (κ1) is 33.9. The monoisotopic (exact) mass is 1050 g/mol. The van der Waals surface area contributed by atoms with Gasteiger partial charge in [0.15, 0.2) is 0 Å². The van der Waals surface area contributed by atoms with Gasteiger partial charge in [0.2, 0.25) is 0 Å². The number of aryl methyl sites for hydroxylation is 1. The van der Waals surface area contributed by atoms with Gasteiger partial charge in [-0.3, -0.25) is 0 Å². The number of hydrogen-bond acceptors (Lipinski definition) is 3. The molecule has 1 aliphatic heterocycles. The van der Waals surface area contributed by atoms with Crippen LogP contribution in [0.3, 0.4) is 0 Å². The Morgan fingerprint density at radius 1 is 0.627 bits per heavy atom. The summed E-state index contributed by atoms with van der Waals surface area (Å²) in [5.74, 6) is 1.50. The topological polar surface area (TPSA) is 40.1 Å². The van der Waals surface area contributed by atoms with Crippen molar-refractivity contribution in [1.29, 1.82) is 0 Å². The van der Waals surface area contributed by atoms with E-state index in [2.05, 4.69) is 90.5 Å². The first-order valence-electron chi connectivity index (χ1n) is 25.7. The summed E-state index contributed by atoms with van der Waals surface area (Å²) in [6.45, 7) is 3.65. The second kappa shape index (κ2) is 16.1. The number of rotatable bonds is 8. The molecule has 0 atom stereocenters. The van der Waals surface area contributed by atoms with E-state index in [0.717, 1.165) is 70.5 Å². The third kappa shape index (κ3) is 6.91. The Balaban J connectivity index is 0.985. The van der Waals surface area contributed by atoms with E-state index in [0.29, 0.717) is 28.4 Å². The third-order valence-corrected chi connectivity index (χ3v) is 13.7. The van der Waals surface area contributed by atoms with Crippen molar-refractivity contribution in [1.82, 2.24) is 18.6 Å². The van der Waals surface area contributed by atoms with Crippen molar-refractivity contribution < 1.29 is 33.7 Å². The number of benzene rings is 8. The Labute approximate surface area is 411 Å². The minimum atomic E-state index is -2.37. The van der Waals surface area contributed by atoms with Gasteiger partial charge in [0.05, 0.1) is 5.48 Å². The number of pyridine rings is 1. The average Bonchev–Trinajstić information content (AvgIpc) is 4.07. The van der Waals surface area contributed by atoms with Gasteiger partial charge in [-0.25, -0.2) is 0 Å². The van der Waals surface area contributed by atoms with Crippen molar-refractivity contribution in [2.75, 3.05) is 4.81 Å². The number of para-hydroxylation sites is 4. The van der Waals surface area contributed by atoms with Crippen LogP contribution >= 0.6 is 0 Å². The van der Waals surface area contributed by atoms with E-state index in [4.69, 9.17) is 19.3 Å². The number of nitrogens with zero attached hydrogens (tertiary/aromatic N) is 5. The molecule has 0 unspecified atom stereocenters. The normalized spacial score (nSPS) is 14.2. The predicted molar refractivity (Wildman–Crippen MR) is 273 cm³/mol. The van der Waals surface area contributed by atoms with Gasteiger partial charge in [0, 0.05) is 16.3 Å². The van der Waals surface area contributed by atoms with Crippen molar-refractivity contribution in [3.63, 3.8) is 0 Å². The number of hydrogen-bond donors (Lipinski definition) is 0. The molecule has 8 aromatic carbocycles. The number of imidazole rings is 1. The maximum atomic E-state index is 9.14. The van der Waals surface area contributed by atoms with Crippen LogP contribution in [-0.2, 0) is 24.8 Å². The summed E-state index contributed by atoms with van der Waals surface area (Å²) < 4.78 is 75.3. The van der Waals surface area contributed by atoms with Crippen LogP contribution in [-0.4, -0.2) is 25.6 Å². The van der Waals surface area contributed by atoms with Crippen LogP contribution in [0, 0.1) is 10.7 Å². The van der Waals surface area contributed by atoms with Crippen LogP contribution in [0.25, 0.3) is 66.5 Å². The average molecular weight is 1050 g/mol. The molecule has 1 aliphatic rings. The molecule has 67 heavy (non-hydrogen) atoms. The molecule has 326 valence electrons. The van der Waals surface area contributed by atoms with E-state index in [1.165, 1.54) is 5.56 Å². The second-order valence-corrected chi connectivity index (χ2v) is 18.9. The molecule has 0 N–H and O–H groups in total. The van der Waals surface area contributed by atoms with E-state index in [9.17, 15) is 0 Å². The van der Waals surface area contributed by atoms with Crippen molar-refractivity contribution in [3.8, 4) is 45.3 Å². The molecule has 0 saturated carbocycles. The molecular weight excluding hydrogens is 1000 g/mol. The fourth-order valence-corrected chi connectivity index (χ4v) is 10.8. The summed E-state index contributed by atoms with van der Waals surface area (Å²) in [6, 6.07) is 59.0. The minimum absolute atomic E-state index is 0.0661. The summed E-state index contributed by atoms with van der Waals surface area (Å²) >= 11 is 2.38. The quantitative estimate of drug-likeness (QED) is 0.142. The third-order valence-electron chi connectivity index (χ3n) is 12.7. The van der Waals surface area contributed by atoms with Gasteiger partial charge < -0.3 is 0 Å². The summed E-state index contributed by atoms with van der Waals surface area (Å²) in [7, 11) is 0. The van der Waals surface area contributed by atoms with Crippen LogP contribution in [0.1, 0.15) is 41.5 Å². The second-order valence-electron chi connectivity index (χ2n) is 17.9. The maximum absolute atomic E-state index is 9.14. The standard InChI is InChI=1S/C59H46BN5O.Pt/c1-40-36-49(41-18-7-5-8-19-41)57(50(37-40)42-32-34-43(35-33-42)59(2,3)4)63-39-62(52-27-13-14-28-53(52)63)45-22-15-23-46(38-45)66-56-31-17-30-55(61-56)64-54-29-16-25-48-47-24-11-12-26-51(47)65(58(48)54)60(64)44-20-9-6-10-21-44;/h5-38H,1-4H3;/i1D3,11D,12D,24D,26D;. The fraction of sp³-hybridized carbons (Fsp3) is 0.0847. The molecule has 0 fully saturated rings. The van der Waals surface area contributed by atoms with Crippen LogP contribution in [0.15, 0.2) is 206 Å². The molecule has 0 saturated heterocycles. The zero-order valence-corrected chi connectivity index (χ0v) is 39.1. The first-order chi connectivity index (χ1) is 35.6. The number of fused-ring (bicyclic) bond motifs is 4. The van der Waals surface area contributed by atoms with E-state index >= 15 is 0 Å². The van der Waals surface area contributed by atoms with Gasteiger partial charge in [0.25, 0.3) is 0 Å². The Hall–Kier alpha value is -7.47. The summed E-state index contributed by atoms with van der Waals surface area (Å²) in [5.41, 5.74) is 11.2. The van der Waals surface area contributed by atoms with Gasteiger partial charge in [-0.05, 0) is 6.04 Å². The van der Waals surface area contributed by atoms with Crippen LogP contribution < -0.4 is 15.0 Å². The van der Waals surface area contributed by atoms with Crippen LogP contribution in [0.2, 0.25) is 0 Å². The Kier molecular flexibility index (Phi) is 8.18. The summed E-state index contributed by atoms with van der Waals surface area (Å²) in [6.07, 6.45) is 0. The van der Waals surface area contributed by atoms with Gasteiger partial charge in [-0.2, -0.15) is 0 Å². The Morgan fingerprint density at radius 3 is 2.04 bits per heavy atom. The molecule has 8 heteroatoms. The molecule has 0 amide bonds. The van der Waals surface area contributed by atoms with E-state index in [-0.39, 0.29) is 35.1 Å². The van der Waals surface area contributed by atoms with E-state index < -0.39 is 13.8 Å². The van der Waals surface area contributed by atoms with Gasteiger partial charge in [0.1, 0.15) is 0 Å². The zero-order valence-electron chi connectivity index (χ0n) is 43.9. The van der Waals surface area contributed by atoms with Crippen molar-refractivity contribution in [3.05, 3.63) is 221 Å². The molecule has 6 nitrogen and oxygen atoms in total. The molecular formula is C59H46BN5OPt. The molecule has 3 aromatic heterocycles. The SMILES string of the molecule is [2H]c1c([2H])c([2H])c2c(c1[2H])c1cccc3c1n2B(c1ccccc1)N3c1cccc(Oc2cccc(-n3[c](=[Pt])n(-c4c(-c5ccccc5)cc(C([2H])([2H])[2H])cc4-c4ccc(C(C)(C)C)cc4)c4ccccc43)c2)n1. The predicted octanol–water partition coefficient (Wildman–Crippen LogP) is 14.1. The molecule has 0 aliphatic carbocycles. The van der Waals surface area contributed by atoms with Gasteiger partial charge in [-0.1, -0.05) is 60.6 Å². The van der Waals surface area contributed by atoms with E-state index in [1.807, 2.05) is 150 Å². The first-order valence-corrected chi connectivity index (χ1v) is 23.4. The summed E-state index contributed by atoms with van der Waals surface area (Å²) in [5, 5.41) is 1.23. The zero-order chi connectivity index (χ0) is 51.4. The van der Waals surface area contributed by atoms with Crippen LogP contribution in [0.5, 0.6) is 11.6 Å². The fourth-order valence-electron chi connectivity index (χ4n) is 9.69. The Bertz CT molecular complexity index is 4110. The summed E-state index contributed by atoms with van der Waals surface area (Å²) in [4.78, 5) is 7.26. The van der Waals surface area contributed by atoms with Crippen molar-refractivity contribution in [2.45, 2.75) is 33.0 Å². The molecule has 0 spiro atoms. The molecule has 0 radical (unpaired) electrons. The van der Waals surface area contributed by atoms with Gasteiger partial charge in [-0.15, -0.1) is 0 Å². The molecule has 12 rings (SSSR count). The number of ether oxygens (including phenoxy) is 1. The molecule has 0 bridgehead atoms. The van der Waals surface area contributed by atoms with Crippen molar-refractivity contribution >= 4 is 56.8 Å². The molecule has 11 aromatic rings. The molecule has 4 heterocycles. The van der Waals surface area contributed by atoms with Crippen molar-refractivity contribution in [2.24, 2.45) is 0 Å². The van der Waals surface area contributed by atoms with Crippen LogP contribution in [0.4, 0.5) is 11.5 Å². The number of anilines is 2. The van der Waals surface area contributed by atoms with Gasteiger partial charge >= 0.3 is 325 Å². The number of aromatic nitrogens is 4. The Morgan fingerprint density at radius 2 is 1.30 bits per heavy atom.